The fourth-order valence-electron chi connectivity index (χ4n) is 0.646. The summed E-state index contributed by atoms with van der Waals surface area (Å²) in [4.78, 5) is 4.00. The maximum Gasteiger partial charge on any atom is 0.0912 e. The molecule has 0 amide bonds. The lowest BCUT2D eigenvalue weighted by Crippen LogP contribution is -2.30. The Labute approximate surface area is 68.6 Å². The maximum atomic E-state index is 5.49. The molecule has 2 N–H and O–H groups in total. The van der Waals surface area contributed by atoms with Crippen LogP contribution in [0.3, 0.4) is 0 Å². The molecule has 2 nitrogen and oxygen atoms in total. The Hall–Kier alpha value is -0.410. The van der Waals surface area contributed by atoms with Crippen molar-refractivity contribution in [3.63, 3.8) is 0 Å². The van der Waals surface area contributed by atoms with E-state index in [1.54, 1.807) is 12.4 Å². The van der Waals surface area contributed by atoms with Crippen LogP contribution in [0.15, 0.2) is 29.4 Å². The predicted molar refractivity (Wildman–Crippen MR) is 47.5 cm³/mol. The van der Waals surface area contributed by atoms with Crippen LogP contribution >= 0.6 is 15.9 Å². The first-order chi connectivity index (χ1) is 4.77. The van der Waals surface area contributed by atoms with Crippen LogP contribution in [0.2, 0.25) is 0 Å². The van der Waals surface area contributed by atoms with E-state index >= 15 is 0 Å². The van der Waals surface area contributed by atoms with Crippen molar-refractivity contribution in [3.05, 3.63) is 24.4 Å². The van der Waals surface area contributed by atoms with Crippen LogP contribution in [-0.2, 0) is 0 Å². The number of aliphatic imine (C=N–C) groups is 1. The molecule has 54 valence electrons. The van der Waals surface area contributed by atoms with Gasteiger partial charge in [0.05, 0.1) is 4.32 Å². The molecule has 1 rings (SSSR count). The molecule has 0 aromatic heterocycles. The molecule has 0 spiro atoms. The number of nitrogens with two attached hydrogens (primary N) is 1. The second kappa shape index (κ2) is 3.12. The summed E-state index contributed by atoms with van der Waals surface area (Å²) in [6, 6.07) is 0. The fourth-order valence-corrected chi connectivity index (χ4v) is 0.916. The molecule has 1 unspecified atom stereocenters. The summed E-state index contributed by atoms with van der Waals surface area (Å²) < 4.78 is -0.240. The molecular formula is C7H9BrN2. The average Bonchev–Trinajstić information content (AvgIpc) is 2.15. The molecule has 0 aromatic rings. The SMILES string of the molecule is NCC1(Br)C=CC=CN=C1. The number of nitrogens with zero attached hydrogens (tertiary/aromatic N) is 1. The molecule has 1 atom stereocenters. The Morgan fingerprint density at radius 2 is 2.30 bits per heavy atom. The minimum atomic E-state index is -0.240. The Balaban J connectivity index is 2.80. The first-order valence-corrected chi connectivity index (χ1v) is 3.84. The lowest BCUT2D eigenvalue weighted by molar-refractivity contribution is 0.948. The van der Waals surface area contributed by atoms with Gasteiger partial charge in [-0.05, 0) is 6.08 Å². The van der Waals surface area contributed by atoms with Crippen LogP contribution in [0.5, 0.6) is 0 Å². The molecule has 0 radical (unpaired) electrons. The van der Waals surface area contributed by atoms with Gasteiger partial charge in [-0.25, -0.2) is 0 Å². The summed E-state index contributed by atoms with van der Waals surface area (Å²) in [5.74, 6) is 0. The van der Waals surface area contributed by atoms with Crippen molar-refractivity contribution in [1.29, 1.82) is 0 Å². The average molecular weight is 201 g/mol. The fraction of sp³-hybridized carbons (Fsp3) is 0.286. The van der Waals surface area contributed by atoms with E-state index in [0.29, 0.717) is 6.54 Å². The van der Waals surface area contributed by atoms with Gasteiger partial charge in [0.15, 0.2) is 0 Å². The van der Waals surface area contributed by atoms with Crippen LogP contribution < -0.4 is 5.73 Å². The lowest BCUT2D eigenvalue weighted by atomic mass is 10.1. The van der Waals surface area contributed by atoms with E-state index in [9.17, 15) is 0 Å². The van der Waals surface area contributed by atoms with Gasteiger partial charge in [0.1, 0.15) is 0 Å². The van der Waals surface area contributed by atoms with E-state index in [0.717, 1.165) is 0 Å². The number of hydrogen-bond donors (Lipinski definition) is 1. The third-order valence-corrected chi connectivity index (χ3v) is 2.05. The van der Waals surface area contributed by atoms with Crippen LogP contribution in [0.4, 0.5) is 0 Å². The Kier molecular flexibility index (Phi) is 2.40. The molecule has 0 saturated heterocycles. The topological polar surface area (TPSA) is 38.4 Å². The van der Waals surface area contributed by atoms with Gasteiger partial charge >= 0.3 is 0 Å². The summed E-state index contributed by atoms with van der Waals surface area (Å²) >= 11 is 3.44. The number of hydrogen-bond acceptors (Lipinski definition) is 2. The summed E-state index contributed by atoms with van der Waals surface area (Å²) in [6.07, 6.45) is 9.28. The summed E-state index contributed by atoms with van der Waals surface area (Å²) in [5, 5.41) is 0. The molecule has 0 saturated carbocycles. The van der Waals surface area contributed by atoms with Crippen molar-refractivity contribution >= 4 is 22.1 Å². The lowest BCUT2D eigenvalue weighted by Gasteiger charge is -2.13. The number of halogens is 1. The number of alkyl halides is 1. The second-order valence-corrected chi connectivity index (χ2v) is 3.59. The molecule has 0 fully saturated rings. The van der Waals surface area contributed by atoms with Crippen molar-refractivity contribution in [3.8, 4) is 0 Å². The third kappa shape index (κ3) is 1.78. The quantitative estimate of drug-likeness (QED) is 0.636. The van der Waals surface area contributed by atoms with Gasteiger partial charge in [-0.1, -0.05) is 28.1 Å². The van der Waals surface area contributed by atoms with E-state index in [1.807, 2.05) is 18.2 Å². The highest BCUT2D eigenvalue weighted by atomic mass is 79.9. The second-order valence-electron chi connectivity index (χ2n) is 2.11. The van der Waals surface area contributed by atoms with Crippen molar-refractivity contribution in [2.45, 2.75) is 4.32 Å². The first kappa shape index (κ1) is 7.69. The molecular weight excluding hydrogens is 192 g/mol. The Bertz CT molecular complexity index is 178. The van der Waals surface area contributed by atoms with Crippen LogP contribution in [0.25, 0.3) is 0 Å². The van der Waals surface area contributed by atoms with Gasteiger partial charge in [-0.3, -0.25) is 4.99 Å². The van der Waals surface area contributed by atoms with E-state index in [-0.39, 0.29) is 4.32 Å². The molecule has 10 heavy (non-hydrogen) atoms. The van der Waals surface area contributed by atoms with Crippen molar-refractivity contribution < 1.29 is 0 Å². The molecule has 1 heterocycles. The first-order valence-electron chi connectivity index (χ1n) is 3.04. The molecule has 3 heteroatoms. The summed E-state index contributed by atoms with van der Waals surface area (Å²) in [7, 11) is 0. The molecule has 0 bridgehead atoms. The highest BCUT2D eigenvalue weighted by Gasteiger charge is 2.17. The number of rotatable bonds is 1. The van der Waals surface area contributed by atoms with Gasteiger partial charge in [0, 0.05) is 19.0 Å². The van der Waals surface area contributed by atoms with E-state index in [1.165, 1.54) is 0 Å². The standard InChI is InChI=1S/C7H9BrN2/c8-7(5-9)3-1-2-4-10-6-7/h1-4,6H,5,9H2. The van der Waals surface area contributed by atoms with E-state index in [4.69, 9.17) is 5.73 Å². The molecule has 1 aliphatic heterocycles. The highest BCUT2D eigenvalue weighted by Crippen LogP contribution is 2.17. The molecule has 1 aliphatic rings. The van der Waals surface area contributed by atoms with Gasteiger partial charge in [0.2, 0.25) is 0 Å². The van der Waals surface area contributed by atoms with Crippen LogP contribution in [0.1, 0.15) is 0 Å². The minimum Gasteiger partial charge on any atom is -0.328 e. The van der Waals surface area contributed by atoms with E-state index in [2.05, 4.69) is 20.9 Å². The van der Waals surface area contributed by atoms with Gasteiger partial charge in [0.25, 0.3) is 0 Å². The molecule has 0 aliphatic carbocycles. The van der Waals surface area contributed by atoms with Crippen molar-refractivity contribution in [1.82, 2.24) is 0 Å². The minimum absolute atomic E-state index is 0.240. The maximum absolute atomic E-state index is 5.49. The van der Waals surface area contributed by atoms with Gasteiger partial charge in [-0.15, -0.1) is 0 Å². The summed E-state index contributed by atoms with van der Waals surface area (Å²) in [5.41, 5.74) is 5.49. The zero-order valence-electron chi connectivity index (χ0n) is 5.50. The van der Waals surface area contributed by atoms with Crippen molar-refractivity contribution in [2.75, 3.05) is 6.54 Å². The largest absolute Gasteiger partial charge is 0.328 e. The number of allylic oxidation sites excluding steroid dienone is 2. The zero-order valence-corrected chi connectivity index (χ0v) is 7.08. The van der Waals surface area contributed by atoms with Gasteiger partial charge < -0.3 is 5.73 Å². The molecule has 0 aromatic carbocycles. The van der Waals surface area contributed by atoms with Crippen LogP contribution in [0, 0.1) is 0 Å². The van der Waals surface area contributed by atoms with Crippen molar-refractivity contribution in [2.24, 2.45) is 10.7 Å². The van der Waals surface area contributed by atoms with Gasteiger partial charge in [-0.2, -0.15) is 0 Å². The normalized spacial score (nSPS) is 30.6. The predicted octanol–water partition coefficient (Wildman–Crippen LogP) is 1.23. The Morgan fingerprint density at radius 3 is 3.00 bits per heavy atom. The zero-order chi connectivity index (χ0) is 7.45. The summed E-state index contributed by atoms with van der Waals surface area (Å²) in [6.45, 7) is 0.522. The third-order valence-electron chi connectivity index (χ3n) is 1.26. The smallest absolute Gasteiger partial charge is 0.0912 e. The monoisotopic (exact) mass is 200 g/mol. The Morgan fingerprint density at radius 1 is 1.50 bits per heavy atom. The van der Waals surface area contributed by atoms with E-state index < -0.39 is 0 Å². The van der Waals surface area contributed by atoms with Crippen LogP contribution in [-0.4, -0.2) is 17.1 Å². The highest BCUT2D eigenvalue weighted by molar-refractivity contribution is 9.10.